The number of urea groups is 1. The molecule has 2 aromatic carbocycles. The van der Waals surface area contributed by atoms with Crippen molar-refractivity contribution in [1.82, 2.24) is 15.3 Å². The van der Waals surface area contributed by atoms with Crippen LogP contribution in [0, 0.1) is 13.8 Å². The highest BCUT2D eigenvalue weighted by Crippen LogP contribution is 2.28. The lowest BCUT2D eigenvalue weighted by molar-refractivity contribution is 0.251. The number of nitrogens with two attached hydrogens (primary N) is 2. The number of carbonyl (C=O) groups is 1. The lowest BCUT2D eigenvalue weighted by atomic mass is 10.0. The molecule has 162 valence electrons. The summed E-state index contributed by atoms with van der Waals surface area (Å²) < 4.78 is 35.2. The quantitative estimate of drug-likeness (QED) is 0.441. The molecule has 3 aromatic rings. The molecule has 3 rings (SSSR count). The molecule has 0 bridgehead atoms. The van der Waals surface area contributed by atoms with E-state index in [1.54, 1.807) is 6.92 Å². The average Bonchev–Trinajstić information content (AvgIpc) is 2.65. The second kappa shape index (κ2) is 8.56. The first-order valence-electron chi connectivity index (χ1n) is 9.13. The summed E-state index contributed by atoms with van der Waals surface area (Å²) in [6.45, 7) is 3.48. The lowest BCUT2D eigenvalue weighted by Gasteiger charge is -2.11. The fourth-order valence-electron chi connectivity index (χ4n) is 3.12. The topological polar surface area (TPSA) is 153 Å². The fourth-order valence-corrected chi connectivity index (χ4v) is 3.80. The third kappa shape index (κ3) is 5.25. The molecule has 0 saturated heterocycles. The van der Waals surface area contributed by atoms with E-state index in [2.05, 4.69) is 20.6 Å². The van der Waals surface area contributed by atoms with Gasteiger partial charge in [0.25, 0.3) is 0 Å². The minimum absolute atomic E-state index is 0.113. The Morgan fingerprint density at radius 2 is 1.74 bits per heavy atom. The Kier molecular flexibility index (Phi) is 6.07. The minimum Gasteiger partial charge on any atom is -0.383 e. The summed E-state index contributed by atoms with van der Waals surface area (Å²) in [5.74, 6) is 0.402. The van der Waals surface area contributed by atoms with Crippen LogP contribution >= 0.6 is 0 Å². The monoisotopic (exact) mass is 444 g/mol. The summed E-state index contributed by atoms with van der Waals surface area (Å²) >= 11 is 0. The summed E-state index contributed by atoms with van der Waals surface area (Å²) in [6.07, 6.45) is 0. The van der Waals surface area contributed by atoms with Crippen molar-refractivity contribution in [2.75, 3.05) is 16.8 Å². The normalized spacial score (nSPS) is 11.2. The van der Waals surface area contributed by atoms with Gasteiger partial charge in [-0.05, 0) is 48.7 Å². The second-order valence-corrected chi connectivity index (χ2v) is 8.17. The number of halogens is 1. The number of nitrogens with one attached hydrogen (secondary N) is 2. The Morgan fingerprint density at radius 1 is 1.06 bits per heavy atom. The van der Waals surface area contributed by atoms with Crippen LogP contribution in [0.4, 0.5) is 26.1 Å². The summed E-state index contributed by atoms with van der Waals surface area (Å²) in [5, 5.41) is 5.27. The minimum atomic E-state index is -4.81. The maximum absolute atomic E-state index is 13.1. The number of nitrogens with zero attached hydrogens (tertiary/aromatic N) is 2. The highest BCUT2D eigenvalue weighted by Gasteiger charge is 2.15. The van der Waals surface area contributed by atoms with E-state index in [0.29, 0.717) is 16.9 Å². The predicted octanol–water partition coefficient (Wildman–Crippen LogP) is 2.90. The van der Waals surface area contributed by atoms with Crippen molar-refractivity contribution in [1.29, 1.82) is 0 Å². The number of benzene rings is 2. The van der Waals surface area contributed by atoms with Crippen molar-refractivity contribution in [3.05, 3.63) is 59.3 Å². The van der Waals surface area contributed by atoms with Crippen LogP contribution in [0.15, 0.2) is 47.4 Å². The number of nitrogen functional groups attached to an aromatic ring is 2. The van der Waals surface area contributed by atoms with Gasteiger partial charge in [0.2, 0.25) is 5.95 Å². The van der Waals surface area contributed by atoms with Crippen LogP contribution in [-0.4, -0.2) is 24.4 Å². The molecule has 6 N–H and O–H groups in total. The van der Waals surface area contributed by atoms with Crippen LogP contribution in [0.25, 0.3) is 11.1 Å². The Labute approximate surface area is 178 Å². The number of carbonyl (C=O) groups excluding carboxylic acids is 1. The van der Waals surface area contributed by atoms with Crippen molar-refractivity contribution in [2.24, 2.45) is 0 Å². The molecule has 0 spiro atoms. The van der Waals surface area contributed by atoms with Gasteiger partial charge in [-0.25, -0.2) is 9.78 Å². The summed E-state index contributed by atoms with van der Waals surface area (Å²) in [4.78, 5) is 19.8. The van der Waals surface area contributed by atoms with E-state index < -0.39 is 21.1 Å². The van der Waals surface area contributed by atoms with Gasteiger partial charge in [-0.1, -0.05) is 24.3 Å². The number of rotatable bonds is 5. The van der Waals surface area contributed by atoms with E-state index in [-0.39, 0.29) is 23.9 Å². The average molecular weight is 444 g/mol. The largest absolute Gasteiger partial charge is 0.383 e. The molecule has 0 saturated carbocycles. The molecular weight excluding hydrogens is 423 g/mol. The van der Waals surface area contributed by atoms with Crippen LogP contribution < -0.4 is 22.1 Å². The number of anilines is 3. The molecule has 9 nitrogen and oxygen atoms in total. The molecule has 0 atom stereocenters. The van der Waals surface area contributed by atoms with Crippen molar-refractivity contribution < 1.29 is 17.1 Å². The van der Waals surface area contributed by atoms with Gasteiger partial charge in [0.05, 0.1) is 5.69 Å². The van der Waals surface area contributed by atoms with E-state index >= 15 is 0 Å². The summed E-state index contributed by atoms with van der Waals surface area (Å²) in [7, 11) is -4.81. The zero-order valence-electron chi connectivity index (χ0n) is 16.8. The standard InChI is InChI=1S/C20H21FN6O3S/c1-11-9-15(7-8-16(11)31(21,29)30)26-20(28)24-10-13-3-5-14(6-4-13)17-12(2)25-19(23)27-18(17)22/h3-9H,10H2,1-2H3,(H2,24,26,28)(H4,22,23,25,27). The maximum Gasteiger partial charge on any atom is 0.332 e. The fraction of sp³-hybridized carbons (Fsp3) is 0.150. The SMILES string of the molecule is Cc1cc(NC(=O)NCc2ccc(-c3c(C)nc(N)nc3N)cc2)ccc1S(=O)(=O)F. The van der Waals surface area contributed by atoms with Crippen LogP contribution in [0.5, 0.6) is 0 Å². The third-order valence-electron chi connectivity index (χ3n) is 4.53. The first-order chi connectivity index (χ1) is 14.5. The second-order valence-electron chi connectivity index (χ2n) is 6.85. The van der Waals surface area contributed by atoms with Gasteiger partial charge in [-0.2, -0.15) is 13.4 Å². The molecule has 11 heteroatoms. The number of hydrogen-bond donors (Lipinski definition) is 4. The smallest absolute Gasteiger partial charge is 0.332 e. The van der Waals surface area contributed by atoms with Gasteiger partial charge in [-0.15, -0.1) is 3.89 Å². The Bertz CT molecular complexity index is 1220. The highest BCUT2D eigenvalue weighted by atomic mass is 32.3. The van der Waals surface area contributed by atoms with Crippen LogP contribution in [0.2, 0.25) is 0 Å². The van der Waals surface area contributed by atoms with E-state index in [9.17, 15) is 17.1 Å². The molecule has 2 amide bonds. The molecular formula is C20H21FN6O3S. The van der Waals surface area contributed by atoms with Crippen LogP contribution in [-0.2, 0) is 16.8 Å². The first kappa shape index (κ1) is 22.0. The molecule has 1 aromatic heterocycles. The Morgan fingerprint density at radius 3 is 2.32 bits per heavy atom. The zero-order valence-corrected chi connectivity index (χ0v) is 17.6. The number of aromatic nitrogens is 2. The van der Waals surface area contributed by atoms with Gasteiger partial charge in [0.15, 0.2) is 0 Å². The molecule has 0 aliphatic rings. The van der Waals surface area contributed by atoms with Crippen molar-refractivity contribution in [3.8, 4) is 11.1 Å². The first-order valence-corrected chi connectivity index (χ1v) is 10.5. The van der Waals surface area contributed by atoms with Gasteiger partial charge < -0.3 is 22.1 Å². The molecule has 0 unspecified atom stereocenters. The Hall–Kier alpha value is -3.73. The summed E-state index contributed by atoms with van der Waals surface area (Å²) in [5.41, 5.74) is 15.1. The predicted molar refractivity (Wildman–Crippen MR) is 116 cm³/mol. The highest BCUT2D eigenvalue weighted by molar-refractivity contribution is 7.86. The molecule has 31 heavy (non-hydrogen) atoms. The van der Waals surface area contributed by atoms with Crippen LogP contribution in [0.3, 0.4) is 0 Å². The number of amides is 2. The van der Waals surface area contributed by atoms with Crippen molar-refractivity contribution in [3.63, 3.8) is 0 Å². The van der Waals surface area contributed by atoms with Gasteiger partial charge in [0.1, 0.15) is 10.7 Å². The lowest BCUT2D eigenvalue weighted by Crippen LogP contribution is -2.28. The van der Waals surface area contributed by atoms with E-state index in [4.69, 9.17) is 11.5 Å². The van der Waals surface area contributed by atoms with E-state index in [1.165, 1.54) is 19.1 Å². The summed E-state index contributed by atoms with van der Waals surface area (Å²) in [6, 6.07) is 10.6. The molecule has 0 aliphatic heterocycles. The third-order valence-corrected chi connectivity index (χ3v) is 5.51. The molecule has 1 heterocycles. The zero-order chi connectivity index (χ0) is 22.8. The van der Waals surface area contributed by atoms with E-state index in [1.807, 2.05) is 24.3 Å². The number of hydrogen-bond acceptors (Lipinski definition) is 7. The maximum atomic E-state index is 13.1. The van der Waals surface area contributed by atoms with Gasteiger partial charge in [-0.3, -0.25) is 0 Å². The Balaban J connectivity index is 1.63. The molecule has 0 aliphatic carbocycles. The van der Waals surface area contributed by atoms with Gasteiger partial charge in [0, 0.05) is 17.8 Å². The van der Waals surface area contributed by atoms with E-state index in [0.717, 1.165) is 17.2 Å². The van der Waals surface area contributed by atoms with Gasteiger partial charge >= 0.3 is 16.3 Å². The van der Waals surface area contributed by atoms with Crippen molar-refractivity contribution in [2.45, 2.75) is 25.3 Å². The number of aryl methyl sites for hydroxylation is 2. The van der Waals surface area contributed by atoms with Crippen molar-refractivity contribution >= 4 is 33.7 Å². The molecule has 0 radical (unpaired) electrons. The molecule has 0 fully saturated rings. The van der Waals surface area contributed by atoms with Crippen LogP contribution in [0.1, 0.15) is 16.8 Å².